The summed E-state index contributed by atoms with van der Waals surface area (Å²) in [5.74, 6) is -4.03. The molecule has 0 radical (unpaired) electrons. The molecule has 0 saturated carbocycles. The minimum atomic E-state index is -4.81. The molecule has 60 heavy (non-hydrogen) atoms. The number of hydrogen-bond donors (Lipinski definition) is 1. The molecule has 2 unspecified atom stereocenters. The van der Waals surface area contributed by atoms with Crippen molar-refractivity contribution in [3.05, 3.63) is 76.8 Å². The smallest absolute Gasteiger partial charge is 0.406 e. The summed E-state index contributed by atoms with van der Waals surface area (Å²) in [5, 5.41) is 6.20. The van der Waals surface area contributed by atoms with Gasteiger partial charge in [0.05, 0.1) is 53.1 Å². The SMILES string of the molecule is CCOC(=O)C(C(C)CN(CC(F)(F)F)C(=O)c1c(OC)cc(Br)cc1OC)n1cc(-c2ccn3c(-c4cc(OC)c(C(=O)NCC(F)(F)F)c(OC)c4)cnc3c2)cn1. The van der Waals surface area contributed by atoms with Gasteiger partial charge in [-0.1, -0.05) is 22.9 Å². The van der Waals surface area contributed by atoms with E-state index < -0.39 is 61.7 Å². The van der Waals surface area contributed by atoms with Crippen molar-refractivity contribution in [1.29, 1.82) is 0 Å². The van der Waals surface area contributed by atoms with Gasteiger partial charge in [0.2, 0.25) is 0 Å². The molecule has 0 spiro atoms. The van der Waals surface area contributed by atoms with Crippen molar-refractivity contribution in [2.45, 2.75) is 32.2 Å². The van der Waals surface area contributed by atoms with Crippen LogP contribution in [0.2, 0.25) is 0 Å². The third-order valence-corrected chi connectivity index (χ3v) is 9.59. The zero-order valence-electron chi connectivity index (χ0n) is 32.9. The van der Waals surface area contributed by atoms with Crippen LogP contribution in [0.4, 0.5) is 26.3 Å². The van der Waals surface area contributed by atoms with E-state index in [-0.39, 0.29) is 40.7 Å². The largest absolute Gasteiger partial charge is 0.496 e. The van der Waals surface area contributed by atoms with Crippen molar-refractivity contribution in [2.75, 3.05) is 54.7 Å². The number of nitrogens with one attached hydrogen (secondary N) is 1. The van der Waals surface area contributed by atoms with Crippen LogP contribution in [0.3, 0.4) is 0 Å². The number of pyridine rings is 1. The topological polar surface area (TPSA) is 148 Å². The Balaban J connectivity index is 1.46. The molecule has 3 heterocycles. The first-order valence-corrected chi connectivity index (χ1v) is 18.7. The highest BCUT2D eigenvalue weighted by Crippen LogP contribution is 2.38. The third-order valence-electron chi connectivity index (χ3n) is 9.13. The number of nitrogens with zero attached hydrogens (tertiary/aromatic N) is 5. The molecule has 0 bridgehead atoms. The first-order chi connectivity index (χ1) is 28.3. The number of alkyl halides is 6. The van der Waals surface area contributed by atoms with E-state index in [9.17, 15) is 40.7 Å². The van der Waals surface area contributed by atoms with Crippen molar-refractivity contribution in [2.24, 2.45) is 5.92 Å². The van der Waals surface area contributed by atoms with Crippen LogP contribution in [-0.2, 0) is 9.53 Å². The molecule has 1 N–H and O–H groups in total. The molecule has 5 aromatic rings. The van der Waals surface area contributed by atoms with Crippen LogP contribution in [0.5, 0.6) is 23.0 Å². The molecule has 322 valence electrons. The van der Waals surface area contributed by atoms with Crippen LogP contribution in [0.15, 0.2) is 65.7 Å². The summed E-state index contributed by atoms with van der Waals surface area (Å²) in [6, 6.07) is 7.88. The third kappa shape index (κ3) is 10.2. The second-order valence-corrected chi connectivity index (χ2v) is 14.1. The van der Waals surface area contributed by atoms with Crippen LogP contribution in [0, 0.1) is 5.92 Å². The summed E-state index contributed by atoms with van der Waals surface area (Å²) in [4.78, 5) is 45.1. The average molecular weight is 914 g/mol. The molecule has 0 saturated heterocycles. The van der Waals surface area contributed by atoms with Crippen LogP contribution in [-0.4, -0.2) is 109 Å². The molecule has 0 fully saturated rings. The lowest BCUT2D eigenvalue weighted by atomic mass is 10.00. The Labute approximate surface area is 347 Å². The summed E-state index contributed by atoms with van der Waals surface area (Å²) in [5.41, 5.74) is 1.97. The fraction of sp³-hybridized carbons (Fsp3) is 0.359. The summed E-state index contributed by atoms with van der Waals surface area (Å²) in [6.45, 7) is -0.733. The van der Waals surface area contributed by atoms with Crippen molar-refractivity contribution in [1.82, 2.24) is 29.4 Å². The quantitative estimate of drug-likeness (QED) is 0.0785. The lowest BCUT2D eigenvalue weighted by Crippen LogP contribution is -2.44. The highest BCUT2D eigenvalue weighted by molar-refractivity contribution is 9.10. The van der Waals surface area contributed by atoms with Crippen LogP contribution < -0.4 is 24.3 Å². The Hall–Kier alpha value is -5.99. The number of imidazole rings is 1. The van der Waals surface area contributed by atoms with Crippen LogP contribution >= 0.6 is 15.9 Å². The van der Waals surface area contributed by atoms with E-state index >= 15 is 0 Å². The Kier molecular flexibility index (Phi) is 13.9. The van der Waals surface area contributed by atoms with E-state index in [2.05, 4.69) is 26.0 Å². The Morgan fingerprint density at radius 2 is 1.43 bits per heavy atom. The molecule has 0 aliphatic heterocycles. The molecule has 5 rings (SSSR count). The molecule has 21 heteroatoms. The van der Waals surface area contributed by atoms with Gasteiger partial charge in [-0.15, -0.1) is 0 Å². The van der Waals surface area contributed by atoms with Gasteiger partial charge >= 0.3 is 18.3 Å². The highest BCUT2D eigenvalue weighted by Gasteiger charge is 2.39. The lowest BCUT2D eigenvalue weighted by molar-refractivity contribution is -0.150. The normalized spacial score (nSPS) is 12.8. The molecule has 2 amide bonds. The maximum absolute atomic E-state index is 14.0. The Bertz CT molecular complexity index is 2320. The molecular weight excluding hydrogens is 874 g/mol. The number of carbonyl (C=O) groups is 3. The van der Waals surface area contributed by atoms with Crippen LogP contribution in [0.25, 0.3) is 28.0 Å². The number of hydrogen-bond acceptors (Lipinski definition) is 10. The minimum Gasteiger partial charge on any atom is -0.496 e. The monoisotopic (exact) mass is 912 g/mol. The van der Waals surface area contributed by atoms with E-state index in [1.807, 2.05) is 5.32 Å². The average Bonchev–Trinajstić information content (AvgIpc) is 3.85. The van der Waals surface area contributed by atoms with Crippen molar-refractivity contribution < 1.29 is 64.4 Å². The van der Waals surface area contributed by atoms with Gasteiger partial charge in [-0.2, -0.15) is 31.4 Å². The van der Waals surface area contributed by atoms with Gasteiger partial charge in [-0.05, 0) is 48.9 Å². The van der Waals surface area contributed by atoms with E-state index in [1.54, 1.807) is 29.7 Å². The minimum absolute atomic E-state index is 0.0315. The maximum atomic E-state index is 14.0. The predicted molar refractivity (Wildman–Crippen MR) is 207 cm³/mol. The van der Waals surface area contributed by atoms with Crippen LogP contribution in [0.1, 0.15) is 40.6 Å². The standard InChI is InChI=1S/C39H39BrF6N6O8/c1-7-60-37(55)34(21(2)17-50(20-39(44,45)46)36(54)33-29(58-5)13-25(40)14-30(33)59-6)52-18-24(15-49-52)22-8-9-51-26(16-47-31(51)12-22)23-10-27(56-3)32(28(11-23)57-4)35(53)48-19-38(41,42)43/h8-16,18,21,34H,7,17,19-20H2,1-6H3,(H,48,53). The second kappa shape index (κ2) is 18.5. The first kappa shape index (κ1) is 45.1. The fourth-order valence-corrected chi connectivity index (χ4v) is 6.94. The van der Waals surface area contributed by atoms with E-state index in [1.165, 1.54) is 82.9 Å². The number of benzene rings is 2. The fourth-order valence-electron chi connectivity index (χ4n) is 6.53. The number of aromatic nitrogens is 4. The van der Waals surface area contributed by atoms with Crippen molar-refractivity contribution >= 4 is 39.4 Å². The lowest BCUT2D eigenvalue weighted by Gasteiger charge is -2.31. The first-order valence-electron chi connectivity index (χ1n) is 17.9. The van der Waals surface area contributed by atoms with Gasteiger partial charge in [0.15, 0.2) is 6.04 Å². The number of halogens is 7. The zero-order chi connectivity index (χ0) is 44.1. The van der Waals surface area contributed by atoms with Gasteiger partial charge < -0.3 is 33.9 Å². The summed E-state index contributed by atoms with van der Waals surface area (Å²) in [7, 11) is 5.03. The number of methoxy groups -OCH3 is 4. The Morgan fingerprint density at radius 1 is 0.833 bits per heavy atom. The summed E-state index contributed by atoms with van der Waals surface area (Å²) < 4.78 is 111. The van der Waals surface area contributed by atoms with Crippen molar-refractivity contribution in [3.8, 4) is 45.4 Å². The highest BCUT2D eigenvalue weighted by atomic mass is 79.9. The predicted octanol–water partition coefficient (Wildman–Crippen LogP) is 7.40. The number of esters is 1. The zero-order valence-corrected chi connectivity index (χ0v) is 34.5. The second-order valence-electron chi connectivity index (χ2n) is 13.2. The Morgan fingerprint density at radius 3 is 1.98 bits per heavy atom. The summed E-state index contributed by atoms with van der Waals surface area (Å²) in [6.07, 6.45) is -3.30. The van der Waals surface area contributed by atoms with Gasteiger partial charge in [0.1, 0.15) is 52.9 Å². The van der Waals surface area contributed by atoms with E-state index in [4.69, 9.17) is 23.7 Å². The van der Waals surface area contributed by atoms with Gasteiger partial charge in [-0.25, -0.2) is 9.78 Å². The molecular formula is C39H39BrF6N6O8. The molecule has 2 aromatic carbocycles. The van der Waals surface area contributed by atoms with Crippen molar-refractivity contribution in [3.63, 3.8) is 0 Å². The van der Waals surface area contributed by atoms with Gasteiger partial charge in [0, 0.05) is 40.5 Å². The maximum Gasteiger partial charge on any atom is 0.406 e. The number of fused-ring (bicyclic) bond motifs is 1. The molecule has 14 nitrogen and oxygen atoms in total. The molecule has 0 aliphatic carbocycles. The van der Waals surface area contributed by atoms with E-state index in [0.29, 0.717) is 37.4 Å². The number of carbonyl (C=O) groups excluding carboxylic acids is 3. The number of amides is 2. The molecule has 3 aromatic heterocycles. The summed E-state index contributed by atoms with van der Waals surface area (Å²) >= 11 is 3.27. The van der Waals surface area contributed by atoms with Gasteiger partial charge in [0.25, 0.3) is 11.8 Å². The molecule has 2 atom stereocenters. The number of rotatable bonds is 16. The number of ether oxygens (including phenoxy) is 5. The van der Waals surface area contributed by atoms with E-state index in [0.717, 1.165) is 0 Å². The molecule has 0 aliphatic rings. The van der Waals surface area contributed by atoms with Gasteiger partial charge in [-0.3, -0.25) is 18.7 Å².